The summed E-state index contributed by atoms with van der Waals surface area (Å²) in [7, 11) is 0. The van der Waals surface area contributed by atoms with Crippen LogP contribution in [0.3, 0.4) is 0 Å². The van der Waals surface area contributed by atoms with E-state index in [4.69, 9.17) is 0 Å². The van der Waals surface area contributed by atoms with Crippen molar-refractivity contribution in [2.75, 3.05) is 13.1 Å². The highest BCUT2D eigenvalue weighted by Crippen LogP contribution is 2.46. The van der Waals surface area contributed by atoms with Crippen LogP contribution in [-0.2, 0) is 13.1 Å². The van der Waals surface area contributed by atoms with Crippen molar-refractivity contribution in [1.82, 2.24) is 9.80 Å². The van der Waals surface area contributed by atoms with E-state index in [0.29, 0.717) is 57.6 Å². The Morgan fingerprint density at radius 1 is 0.500 bits per heavy atom. The molecule has 5 aromatic rings. The molecule has 0 aliphatic heterocycles. The second kappa shape index (κ2) is 14.5. The van der Waals surface area contributed by atoms with Crippen LogP contribution in [-0.4, -0.2) is 50.0 Å². The number of hydrogen-bond acceptors (Lipinski definition) is 5. The van der Waals surface area contributed by atoms with Gasteiger partial charge < -0.3 is 25.1 Å². The van der Waals surface area contributed by atoms with E-state index in [2.05, 4.69) is 0 Å². The highest BCUT2D eigenvalue weighted by molar-refractivity contribution is 5.95. The van der Waals surface area contributed by atoms with Gasteiger partial charge in [0, 0.05) is 70.7 Å². The topological polar surface area (TPSA) is 101 Å². The Kier molecular flexibility index (Phi) is 10.2. The van der Waals surface area contributed by atoms with Crippen LogP contribution in [0.4, 0.5) is 0 Å². The monoisotopic (exact) mass is 642 g/mol. The van der Waals surface area contributed by atoms with Crippen molar-refractivity contribution < 1.29 is 24.9 Å². The Bertz CT molecular complexity index is 1820. The number of carbonyl (C=O) groups is 2. The molecule has 246 valence electrons. The first kappa shape index (κ1) is 33.8. The summed E-state index contributed by atoms with van der Waals surface area (Å²) in [6.07, 6.45) is 0. The Labute approximate surface area is 282 Å². The van der Waals surface area contributed by atoms with E-state index in [-0.39, 0.29) is 42.2 Å². The molecule has 7 heteroatoms. The number of hydrogen-bond donors (Lipinski definition) is 3. The summed E-state index contributed by atoms with van der Waals surface area (Å²) < 4.78 is 0. The average Bonchev–Trinajstić information content (AvgIpc) is 3.09. The van der Waals surface area contributed by atoms with Crippen molar-refractivity contribution in [1.29, 1.82) is 0 Å². The number of carbonyl (C=O) groups excluding carboxylic acids is 2. The molecule has 0 heterocycles. The molecule has 0 radical (unpaired) electrons. The lowest BCUT2D eigenvalue weighted by molar-refractivity contribution is 0.0744. The Morgan fingerprint density at radius 2 is 0.812 bits per heavy atom. The molecule has 0 fully saturated rings. The molecular weight excluding hydrogens is 600 g/mol. The molecule has 3 N–H and O–H groups in total. The third-order valence-corrected chi connectivity index (χ3v) is 8.60. The maximum atomic E-state index is 13.3. The summed E-state index contributed by atoms with van der Waals surface area (Å²) in [5.74, 6) is -0.435. The predicted octanol–water partition coefficient (Wildman–Crippen LogP) is 8.39. The average molecular weight is 643 g/mol. The van der Waals surface area contributed by atoms with Crippen LogP contribution in [0.2, 0.25) is 0 Å². The van der Waals surface area contributed by atoms with Gasteiger partial charge in [0.1, 0.15) is 17.2 Å². The Balaban J connectivity index is 1.54. The highest BCUT2D eigenvalue weighted by atomic mass is 16.3. The number of aryl methyl sites for hydroxylation is 3. The van der Waals surface area contributed by atoms with E-state index in [0.717, 1.165) is 16.7 Å². The van der Waals surface area contributed by atoms with Gasteiger partial charge in [0.25, 0.3) is 11.8 Å². The lowest BCUT2D eigenvalue weighted by Crippen LogP contribution is -2.30. The number of amides is 2. The molecule has 0 aromatic heterocycles. The van der Waals surface area contributed by atoms with E-state index in [1.807, 2.05) is 95.3 Å². The number of nitrogens with zero attached hydrogens (tertiary/aromatic N) is 2. The fourth-order valence-electron chi connectivity index (χ4n) is 6.14. The maximum Gasteiger partial charge on any atom is 0.254 e. The number of phenolic OH excluding ortho intramolecular Hbond substituents is 3. The second-order valence-electron chi connectivity index (χ2n) is 12.2. The van der Waals surface area contributed by atoms with Crippen molar-refractivity contribution >= 4 is 11.8 Å². The van der Waals surface area contributed by atoms with E-state index in [9.17, 15) is 24.9 Å². The van der Waals surface area contributed by atoms with E-state index in [1.54, 1.807) is 46.2 Å². The molecule has 0 spiro atoms. The molecule has 7 nitrogen and oxygen atoms in total. The largest absolute Gasteiger partial charge is 0.507 e. The minimum atomic E-state index is -0.140. The SMILES string of the molecule is CCN(Cc1cc(C)cc(-c2cc(C)cc(-c3cc(C)cc(CN(CC)C(=O)c4ccccc4)c3O)c2O)c1O)C(=O)c1ccccc1. The second-order valence-corrected chi connectivity index (χ2v) is 12.2. The summed E-state index contributed by atoms with van der Waals surface area (Å²) in [5, 5.41) is 35.0. The molecule has 48 heavy (non-hydrogen) atoms. The van der Waals surface area contributed by atoms with Crippen molar-refractivity contribution in [2.45, 2.75) is 47.7 Å². The Hall–Kier alpha value is -5.56. The minimum absolute atomic E-state index is 0.0288. The van der Waals surface area contributed by atoms with E-state index >= 15 is 0 Å². The van der Waals surface area contributed by atoms with Gasteiger partial charge in [0.15, 0.2) is 0 Å². The summed E-state index contributed by atoms with van der Waals surface area (Å²) in [4.78, 5) is 29.9. The van der Waals surface area contributed by atoms with Crippen LogP contribution in [0.25, 0.3) is 22.3 Å². The van der Waals surface area contributed by atoms with Crippen LogP contribution >= 0.6 is 0 Å². The molecule has 5 aromatic carbocycles. The van der Waals surface area contributed by atoms with Gasteiger partial charge in [0.05, 0.1) is 0 Å². The number of aromatic hydroxyl groups is 3. The summed E-state index contributed by atoms with van der Waals surface area (Å²) in [6, 6.07) is 29.0. The zero-order valence-electron chi connectivity index (χ0n) is 28.1. The summed E-state index contributed by atoms with van der Waals surface area (Å²) >= 11 is 0. The molecule has 2 amide bonds. The van der Waals surface area contributed by atoms with Crippen molar-refractivity contribution in [3.8, 4) is 39.5 Å². The summed E-state index contributed by atoms with van der Waals surface area (Å²) in [5.41, 5.74) is 6.42. The standard InChI is InChI=1S/C41H42N2O5/c1-6-42(40(47)29-14-10-8-11-15-29)24-31-18-26(3)20-33(37(31)44)35-22-28(5)23-36(39(35)46)34-21-27(4)19-32(38(34)45)25-43(7-2)41(48)30-16-12-9-13-17-30/h8-23,44-46H,6-7,24-25H2,1-5H3. The van der Waals surface area contributed by atoms with Gasteiger partial charge in [-0.25, -0.2) is 0 Å². The lowest BCUT2D eigenvalue weighted by atomic mass is 9.90. The van der Waals surface area contributed by atoms with Gasteiger partial charge >= 0.3 is 0 Å². The van der Waals surface area contributed by atoms with Crippen molar-refractivity contribution in [2.24, 2.45) is 0 Å². The van der Waals surface area contributed by atoms with Crippen molar-refractivity contribution in [3.63, 3.8) is 0 Å². The normalized spacial score (nSPS) is 10.9. The third kappa shape index (κ3) is 7.05. The van der Waals surface area contributed by atoms with Gasteiger partial charge in [-0.1, -0.05) is 48.5 Å². The molecule has 0 bridgehead atoms. The molecule has 0 saturated carbocycles. The fraction of sp³-hybridized carbons (Fsp3) is 0.220. The first-order valence-electron chi connectivity index (χ1n) is 16.2. The molecule has 0 unspecified atom stereocenters. The Morgan fingerprint density at radius 3 is 1.15 bits per heavy atom. The maximum absolute atomic E-state index is 13.3. The third-order valence-electron chi connectivity index (χ3n) is 8.60. The van der Waals surface area contributed by atoms with Gasteiger partial charge in [-0.05, 0) is 99.8 Å². The van der Waals surface area contributed by atoms with E-state index < -0.39 is 0 Å². The zero-order chi connectivity index (χ0) is 34.5. The molecule has 0 aliphatic carbocycles. The number of phenols is 3. The molecule has 0 atom stereocenters. The lowest BCUT2D eigenvalue weighted by Gasteiger charge is -2.24. The van der Waals surface area contributed by atoms with Gasteiger partial charge in [-0.2, -0.15) is 0 Å². The molecule has 0 aliphatic rings. The zero-order valence-corrected chi connectivity index (χ0v) is 28.1. The quantitative estimate of drug-likeness (QED) is 0.142. The van der Waals surface area contributed by atoms with Gasteiger partial charge in [-0.3, -0.25) is 9.59 Å². The molecular formula is C41H42N2O5. The van der Waals surface area contributed by atoms with Crippen LogP contribution < -0.4 is 0 Å². The first-order chi connectivity index (χ1) is 23.0. The van der Waals surface area contributed by atoms with Crippen molar-refractivity contribution in [3.05, 3.63) is 136 Å². The van der Waals surface area contributed by atoms with Gasteiger partial charge in [0.2, 0.25) is 0 Å². The van der Waals surface area contributed by atoms with Crippen LogP contribution in [0.1, 0.15) is 62.4 Å². The van der Waals surface area contributed by atoms with Crippen LogP contribution in [0.15, 0.2) is 97.1 Å². The van der Waals surface area contributed by atoms with Gasteiger partial charge in [-0.15, -0.1) is 0 Å². The number of rotatable bonds is 10. The molecule has 5 rings (SSSR count). The predicted molar refractivity (Wildman–Crippen MR) is 190 cm³/mol. The number of benzene rings is 5. The van der Waals surface area contributed by atoms with Crippen LogP contribution in [0, 0.1) is 20.8 Å². The fourth-order valence-corrected chi connectivity index (χ4v) is 6.14. The smallest absolute Gasteiger partial charge is 0.254 e. The minimum Gasteiger partial charge on any atom is -0.507 e. The molecule has 0 saturated heterocycles. The highest BCUT2D eigenvalue weighted by Gasteiger charge is 2.24. The summed E-state index contributed by atoms with van der Waals surface area (Å²) in [6.45, 7) is 10.7. The van der Waals surface area contributed by atoms with Crippen LogP contribution in [0.5, 0.6) is 17.2 Å². The first-order valence-corrected chi connectivity index (χ1v) is 16.2. The van der Waals surface area contributed by atoms with E-state index in [1.165, 1.54) is 0 Å².